The summed E-state index contributed by atoms with van der Waals surface area (Å²) < 4.78 is 13.4. The molecule has 0 saturated heterocycles. The summed E-state index contributed by atoms with van der Waals surface area (Å²) in [4.78, 5) is 7.49. The summed E-state index contributed by atoms with van der Waals surface area (Å²) in [5.74, 6) is -0.119. The van der Waals surface area contributed by atoms with Crippen LogP contribution in [-0.4, -0.2) is 16.5 Å². The average Bonchev–Trinajstić information content (AvgIpc) is 2.80. The van der Waals surface area contributed by atoms with Crippen LogP contribution in [0.5, 0.6) is 0 Å². The molecule has 1 aliphatic carbocycles. The molecular weight excluding hydrogens is 219 g/mol. The molecule has 5 heteroatoms. The lowest BCUT2D eigenvalue weighted by Crippen LogP contribution is -2.26. The molecule has 1 aliphatic rings. The summed E-state index contributed by atoms with van der Waals surface area (Å²) in [6.45, 7) is 2.95. The molecule has 0 bridgehead atoms. The Morgan fingerprint density at radius 3 is 2.82 bits per heavy atom. The fourth-order valence-corrected chi connectivity index (χ4v) is 2.56. The molecule has 0 atom stereocenters. The van der Waals surface area contributed by atoms with Gasteiger partial charge in [-0.1, -0.05) is 19.8 Å². The minimum Gasteiger partial charge on any atom is -0.368 e. The maximum absolute atomic E-state index is 13.4. The zero-order valence-electron chi connectivity index (χ0n) is 10.2. The van der Waals surface area contributed by atoms with Crippen LogP contribution in [0.2, 0.25) is 0 Å². The van der Waals surface area contributed by atoms with Gasteiger partial charge in [-0.25, -0.2) is 9.37 Å². The second kappa shape index (κ2) is 4.85. The first-order valence-electron chi connectivity index (χ1n) is 6.17. The quantitative estimate of drug-likeness (QED) is 0.846. The van der Waals surface area contributed by atoms with Crippen molar-refractivity contribution >= 4 is 11.8 Å². The summed E-state index contributed by atoms with van der Waals surface area (Å²) in [7, 11) is 0. The average molecular weight is 238 g/mol. The zero-order chi connectivity index (χ0) is 12.3. The van der Waals surface area contributed by atoms with E-state index in [4.69, 9.17) is 5.73 Å². The van der Waals surface area contributed by atoms with Crippen LogP contribution < -0.4 is 11.1 Å². The number of aromatic nitrogens is 2. The van der Waals surface area contributed by atoms with Crippen molar-refractivity contribution in [1.82, 2.24) is 9.97 Å². The van der Waals surface area contributed by atoms with Crippen LogP contribution in [0.25, 0.3) is 0 Å². The summed E-state index contributed by atoms with van der Waals surface area (Å²) in [6, 6.07) is 0. The summed E-state index contributed by atoms with van der Waals surface area (Å²) in [5.41, 5.74) is 5.75. The topological polar surface area (TPSA) is 63.8 Å². The van der Waals surface area contributed by atoms with Crippen molar-refractivity contribution in [2.45, 2.75) is 39.0 Å². The van der Waals surface area contributed by atoms with Gasteiger partial charge in [-0.05, 0) is 24.7 Å². The third-order valence-electron chi connectivity index (χ3n) is 3.81. The van der Waals surface area contributed by atoms with E-state index in [0.717, 1.165) is 19.2 Å². The number of hydrogen-bond donors (Lipinski definition) is 2. The highest BCUT2D eigenvalue weighted by Gasteiger charge is 2.31. The molecule has 0 amide bonds. The molecule has 1 heterocycles. The smallest absolute Gasteiger partial charge is 0.222 e. The lowest BCUT2D eigenvalue weighted by Gasteiger charge is -2.27. The minimum atomic E-state index is -0.441. The van der Waals surface area contributed by atoms with E-state index in [1.54, 1.807) is 0 Å². The Bertz CT molecular complexity index is 388. The van der Waals surface area contributed by atoms with Crippen LogP contribution in [0.15, 0.2) is 6.20 Å². The molecule has 0 spiro atoms. The lowest BCUT2D eigenvalue weighted by molar-refractivity contribution is 0.306. The van der Waals surface area contributed by atoms with E-state index in [9.17, 15) is 4.39 Å². The standard InChI is InChI=1S/C12H19FN4/c1-2-12(5-3-4-6-12)8-16-10-9(13)7-15-11(14)17-10/h7H,2-6,8H2,1H3,(H3,14,15,16,17). The van der Waals surface area contributed by atoms with Crippen LogP contribution >= 0.6 is 0 Å². The van der Waals surface area contributed by atoms with E-state index in [0.29, 0.717) is 5.41 Å². The molecule has 17 heavy (non-hydrogen) atoms. The second-order valence-corrected chi connectivity index (χ2v) is 4.84. The molecule has 0 radical (unpaired) electrons. The van der Waals surface area contributed by atoms with Gasteiger partial charge < -0.3 is 11.1 Å². The maximum atomic E-state index is 13.4. The first-order valence-corrected chi connectivity index (χ1v) is 6.17. The van der Waals surface area contributed by atoms with Gasteiger partial charge in [0.25, 0.3) is 0 Å². The Morgan fingerprint density at radius 2 is 2.18 bits per heavy atom. The fourth-order valence-electron chi connectivity index (χ4n) is 2.56. The van der Waals surface area contributed by atoms with E-state index in [2.05, 4.69) is 22.2 Å². The van der Waals surface area contributed by atoms with Gasteiger partial charge in [0.1, 0.15) is 0 Å². The molecule has 2 rings (SSSR count). The monoisotopic (exact) mass is 238 g/mol. The normalized spacial score (nSPS) is 18.2. The molecule has 1 fully saturated rings. The van der Waals surface area contributed by atoms with Crippen LogP contribution in [0, 0.1) is 11.2 Å². The third kappa shape index (κ3) is 2.65. The Balaban J connectivity index is 2.03. The van der Waals surface area contributed by atoms with Crippen molar-refractivity contribution in [2.24, 2.45) is 5.41 Å². The van der Waals surface area contributed by atoms with Crippen LogP contribution in [0.3, 0.4) is 0 Å². The molecule has 1 saturated carbocycles. The number of nitrogen functional groups attached to an aromatic ring is 1. The zero-order valence-corrected chi connectivity index (χ0v) is 10.2. The number of anilines is 2. The highest BCUT2D eigenvalue weighted by atomic mass is 19.1. The molecule has 4 nitrogen and oxygen atoms in total. The maximum Gasteiger partial charge on any atom is 0.222 e. The Kier molecular flexibility index (Phi) is 3.45. The molecule has 1 aromatic heterocycles. The largest absolute Gasteiger partial charge is 0.368 e. The first-order chi connectivity index (χ1) is 8.15. The number of hydrogen-bond acceptors (Lipinski definition) is 4. The van der Waals surface area contributed by atoms with Crippen LogP contribution in [0.1, 0.15) is 39.0 Å². The van der Waals surface area contributed by atoms with Crippen molar-refractivity contribution < 1.29 is 4.39 Å². The van der Waals surface area contributed by atoms with E-state index in [1.165, 1.54) is 25.7 Å². The summed E-state index contributed by atoms with van der Waals surface area (Å²) >= 11 is 0. The SMILES string of the molecule is CCC1(CNc2nc(N)ncc2F)CCCC1. The van der Waals surface area contributed by atoms with Gasteiger partial charge in [-0.2, -0.15) is 4.98 Å². The number of halogens is 1. The predicted octanol–water partition coefficient (Wildman–Crippen LogP) is 2.58. The van der Waals surface area contributed by atoms with Gasteiger partial charge in [0.15, 0.2) is 11.6 Å². The van der Waals surface area contributed by atoms with E-state index < -0.39 is 5.82 Å². The minimum absolute atomic E-state index is 0.103. The van der Waals surface area contributed by atoms with Crippen molar-refractivity contribution in [3.8, 4) is 0 Å². The molecule has 0 aromatic carbocycles. The number of nitrogens with one attached hydrogen (secondary N) is 1. The lowest BCUT2D eigenvalue weighted by atomic mass is 9.83. The van der Waals surface area contributed by atoms with Gasteiger partial charge in [0.05, 0.1) is 6.20 Å². The van der Waals surface area contributed by atoms with Gasteiger partial charge in [0, 0.05) is 6.54 Å². The van der Waals surface area contributed by atoms with Gasteiger partial charge in [0.2, 0.25) is 5.95 Å². The number of nitrogens with zero attached hydrogens (tertiary/aromatic N) is 2. The van der Waals surface area contributed by atoms with Crippen LogP contribution in [-0.2, 0) is 0 Å². The number of nitrogens with two attached hydrogens (primary N) is 1. The van der Waals surface area contributed by atoms with Crippen molar-refractivity contribution in [2.75, 3.05) is 17.6 Å². The first kappa shape index (κ1) is 12.1. The van der Waals surface area contributed by atoms with Crippen LogP contribution in [0.4, 0.5) is 16.2 Å². The molecule has 0 aliphatic heterocycles. The molecule has 1 aromatic rings. The number of rotatable bonds is 4. The second-order valence-electron chi connectivity index (χ2n) is 4.84. The molecule has 0 unspecified atom stereocenters. The summed E-state index contributed by atoms with van der Waals surface area (Å²) in [5, 5.41) is 3.08. The van der Waals surface area contributed by atoms with Gasteiger partial charge in [-0.3, -0.25) is 0 Å². The highest BCUT2D eigenvalue weighted by Crippen LogP contribution is 2.40. The highest BCUT2D eigenvalue weighted by molar-refractivity contribution is 5.39. The fraction of sp³-hybridized carbons (Fsp3) is 0.667. The molecule has 3 N–H and O–H groups in total. The Hall–Kier alpha value is -1.39. The third-order valence-corrected chi connectivity index (χ3v) is 3.81. The summed E-state index contributed by atoms with van der Waals surface area (Å²) in [6.07, 6.45) is 7.17. The van der Waals surface area contributed by atoms with E-state index in [1.807, 2.05) is 0 Å². The molecular formula is C12H19FN4. The Morgan fingerprint density at radius 1 is 1.47 bits per heavy atom. The predicted molar refractivity (Wildman–Crippen MR) is 66.1 cm³/mol. The van der Waals surface area contributed by atoms with E-state index >= 15 is 0 Å². The van der Waals surface area contributed by atoms with Gasteiger partial charge >= 0.3 is 0 Å². The van der Waals surface area contributed by atoms with Gasteiger partial charge in [-0.15, -0.1) is 0 Å². The van der Waals surface area contributed by atoms with E-state index in [-0.39, 0.29) is 11.8 Å². The van der Waals surface area contributed by atoms with Crippen molar-refractivity contribution in [3.05, 3.63) is 12.0 Å². The Labute approximate surface area is 101 Å². The van der Waals surface area contributed by atoms with Crippen molar-refractivity contribution in [1.29, 1.82) is 0 Å². The molecule has 94 valence electrons. The van der Waals surface area contributed by atoms with Crippen molar-refractivity contribution in [3.63, 3.8) is 0 Å².